The van der Waals surface area contributed by atoms with E-state index in [-0.39, 0.29) is 5.02 Å². The Kier molecular flexibility index (Phi) is 4.74. The topological polar surface area (TPSA) is 38.2 Å². The molecule has 0 radical (unpaired) electrons. The number of hydrogen-bond acceptors (Lipinski definition) is 4. The Bertz CT molecular complexity index is 590. The zero-order valence-electron chi connectivity index (χ0n) is 11.3. The summed E-state index contributed by atoms with van der Waals surface area (Å²) in [6.07, 6.45) is 1.43. The second kappa shape index (κ2) is 6.52. The van der Waals surface area contributed by atoms with E-state index in [1.165, 1.54) is 24.5 Å². The molecule has 0 unspecified atom stereocenters. The first-order chi connectivity index (χ1) is 9.63. The molecule has 1 heterocycles. The summed E-state index contributed by atoms with van der Waals surface area (Å²) in [6.45, 7) is 5.76. The minimum Gasteiger partial charge on any atom is -0.437 e. The standard InChI is InChI=1S/C14H15ClFN3O/c1-3-19(4-2)13-8-14(18-9-17-13)20-12-6-5-10(16)7-11(12)15/h5-9H,3-4H2,1-2H3. The van der Waals surface area contributed by atoms with Gasteiger partial charge in [0.25, 0.3) is 0 Å². The van der Waals surface area contributed by atoms with E-state index in [2.05, 4.69) is 14.9 Å². The van der Waals surface area contributed by atoms with Crippen LogP contribution >= 0.6 is 11.6 Å². The molecule has 20 heavy (non-hydrogen) atoms. The molecular weight excluding hydrogens is 281 g/mol. The van der Waals surface area contributed by atoms with Gasteiger partial charge in [-0.3, -0.25) is 0 Å². The number of hydrogen-bond donors (Lipinski definition) is 0. The monoisotopic (exact) mass is 295 g/mol. The van der Waals surface area contributed by atoms with Gasteiger partial charge in [0.1, 0.15) is 23.7 Å². The lowest BCUT2D eigenvalue weighted by Crippen LogP contribution is -2.22. The highest BCUT2D eigenvalue weighted by atomic mass is 35.5. The summed E-state index contributed by atoms with van der Waals surface area (Å²) in [6, 6.07) is 5.68. The van der Waals surface area contributed by atoms with E-state index >= 15 is 0 Å². The maximum absolute atomic E-state index is 13.0. The normalized spacial score (nSPS) is 10.4. The molecule has 6 heteroatoms. The minimum absolute atomic E-state index is 0.202. The third kappa shape index (κ3) is 3.36. The largest absolute Gasteiger partial charge is 0.437 e. The number of aromatic nitrogens is 2. The van der Waals surface area contributed by atoms with Gasteiger partial charge in [0.15, 0.2) is 0 Å². The molecule has 0 aliphatic carbocycles. The van der Waals surface area contributed by atoms with Crippen molar-refractivity contribution in [2.75, 3.05) is 18.0 Å². The molecule has 0 atom stereocenters. The van der Waals surface area contributed by atoms with Gasteiger partial charge in [-0.25, -0.2) is 14.4 Å². The van der Waals surface area contributed by atoms with Gasteiger partial charge in [0.2, 0.25) is 5.88 Å². The predicted molar refractivity (Wildman–Crippen MR) is 77.1 cm³/mol. The highest BCUT2D eigenvalue weighted by molar-refractivity contribution is 6.32. The van der Waals surface area contributed by atoms with Crippen molar-refractivity contribution < 1.29 is 9.13 Å². The Morgan fingerprint density at radius 1 is 1.20 bits per heavy atom. The first-order valence-electron chi connectivity index (χ1n) is 6.34. The lowest BCUT2D eigenvalue weighted by molar-refractivity contribution is 0.460. The van der Waals surface area contributed by atoms with Gasteiger partial charge in [-0.15, -0.1) is 0 Å². The molecule has 0 spiro atoms. The van der Waals surface area contributed by atoms with E-state index in [1.54, 1.807) is 6.07 Å². The summed E-state index contributed by atoms with van der Waals surface area (Å²) in [5, 5.41) is 0.202. The van der Waals surface area contributed by atoms with Crippen molar-refractivity contribution in [2.45, 2.75) is 13.8 Å². The lowest BCUT2D eigenvalue weighted by Gasteiger charge is -2.19. The first kappa shape index (κ1) is 14.5. The van der Waals surface area contributed by atoms with Crippen molar-refractivity contribution in [3.8, 4) is 11.6 Å². The van der Waals surface area contributed by atoms with Crippen LogP contribution < -0.4 is 9.64 Å². The maximum atomic E-state index is 13.0. The Balaban J connectivity index is 2.23. The van der Waals surface area contributed by atoms with E-state index in [0.29, 0.717) is 11.6 Å². The average Bonchev–Trinajstić information content (AvgIpc) is 2.44. The van der Waals surface area contributed by atoms with Crippen LogP contribution in [-0.4, -0.2) is 23.1 Å². The molecule has 0 bridgehead atoms. The van der Waals surface area contributed by atoms with E-state index in [4.69, 9.17) is 16.3 Å². The van der Waals surface area contributed by atoms with Crippen molar-refractivity contribution in [1.82, 2.24) is 9.97 Å². The molecule has 2 aromatic rings. The number of halogens is 2. The summed E-state index contributed by atoms with van der Waals surface area (Å²) in [5.41, 5.74) is 0. The fourth-order valence-corrected chi connectivity index (χ4v) is 1.98. The van der Waals surface area contributed by atoms with E-state index in [9.17, 15) is 4.39 Å². The molecule has 1 aromatic carbocycles. The summed E-state index contributed by atoms with van der Waals surface area (Å²) in [7, 11) is 0. The van der Waals surface area contributed by atoms with Gasteiger partial charge in [-0.2, -0.15) is 0 Å². The molecule has 106 valence electrons. The summed E-state index contributed by atoms with van der Waals surface area (Å²) >= 11 is 5.92. The van der Waals surface area contributed by atoms with Gasteiger partial charge in [-0.1, -0.05) is 11.6 Å². The van der Waals surface area contributed by atoms with Crippen LogP contribution in [-0.2, 0) is 0 Å². The second-order valence-corrected chi connectivity index (χ2v) is 4.47. The van der Waals surface area contributed by atoms with E-state index in [1.807, 2.05) is 13.8 Å². The average molecular weight is 296 g/mol. The number of anilines is 1. The van der Waals surface area contributed by atoms with Crippen molar-refractivity contribution in [3.05, 3.63) is 41.4 Å². The molecule has 0 aliphatic rings. The molecular formula is C14H15ClFN3O. The third-order valence-corrected chi connectivity index (χ3v) is 3.12. The van der Waals surface area contributed by atoms with Gasteiger partial charge >= 0.3 is 0 Å². The van der Waals surface area contributed by atoms with Crippen LogP contribution in [0.4, 0.5) is 10.2 Å². The Hall–Kier alpha value is -1.88. The quantitative estimate of drug-likeness (QED) is 0.838. The summed E-state index contributed by atoms with van der Waals surface area (Å²) < 4.78 is 18.5. The van der Waals surface area contributed by atoms with Crippen LogP contribution in [0.2, 0.25) is 5.02 Å². The van der Waals surface area contributed by atoms with Crippen molar-refractivity contribution in [2.24, 2.45) is 0 Å². The van der Waals surface area contributed by atoms with Crippen LogP contribution in [0.3, 0.4) is 0 Å². The number of ether oxygens (including phenoxy) is 1. The van der Waals surface area contributed by atoms with Gasteiger partial charge in [-0.05, 0) is 32.0 Å². The van der Waals surface area contributed by atoms with Gasteiger partial charge < -0.3 is 9.64 Å². The molecule has 0 amide bonds. The van der Waals surface area contributed by atoms with Crippen molar-refractivity contribution in [3.63, 3.8) is 0 Å². The zero-order chi connectivity index (χ0) is 14.5. The summed E-state index contributed by atoms with van der Waals surface area (Å²) in [4.78, 5) is 10.3. The molecule has 0 saturated carbocycles. The van der Waals surface area contributed by atoms with E-state index < -0.39 is 5.82 Å². The molecule has 2 rings (SSSR count). The van der Waals surface area contributed by atoms with Crippen molar-refractivity contribution in [1.29, 1.82) is 0 Å². The third-order valence-electron chi connectivity index (χ3n) is 2.82. The van der Waals surface area contributed by atoms with Crippen LogP contribution in [0.15, 0.2) is 30.6 Å². The fourth-order valence-electron chi connectivity index (χ4n) is 1.78. The van der Waals surface area contributed by atoms with Crippen molar-refractivity contribution >= 4 is 17.4 Å². The lowest BCUT2D eigenvalue weighted by atomic mass is 10.3. The molecule has 0 aliphatic heterocycles. The first-order valence-corrected chi connectivity index (χ1v) is 6.71. The molecule has 0 saturated heterocycles. The number of nitrogens with zero attached hydrogens (tertiary/aromatic N) is 3. The highest BCUT2D eigenvalue weighted by Gasteiger charge is 2.09. The zero-order valence-corrected chi connectivity index (χ0v) is 12.1. The second-order valence-electron chi connectivity index (χ2n) is 4.06. The molecule has 0 N–H and O–H groups in total. The molecule has 1 aromatic heterocycles. The van der Waals surface area contributed by atoms with Crippen LogP contribution in [0, 0.1) is 5.82 Å². The Morgan fingerprint density at radius 2 is 1.95 bits per heavy atom. The van der Waals surface area contributed by atoms with Gasteiger partial charge in [0, 0.05) is 19.2 Å². The van der Waals surface area contributed by atoms with Crippen LogP contribution in [0.5, 0.6) is 11.6 Å². The predicted octanol–water partition coefficient (Wildman–Crippen LogP) is 3.91. The highest BCUT2D eigenvalue weighted by Crippen LogP contribution is 2.29. The number of rotatable bonds is 5. The van der Waals surface area contributed by atoms with Gasteiger partial charge in [0.05, 0.1) is 5.02 Å². The maximum Gasteiger partial charge on any atom is 0.224 e. The van der Waals surface area contributed by atoms with E-state index in [0.717, 1.165) is 18.9 Å². The Morgan fingerprint density at radius 3 is 2.60 bits per heavy atom. The minimum atomic E-state index is -0.408. The molecule has 4 nitrogen and oxygen atoms in total. The molecule has 0 fully saturated rings. The number of benzene rings is 1. The fraction of sp³-hybridized carbons (Fsp3) is 0.286. The van der Waals surface area contributed by atoms with Crippen LogP contribution in [0.1, 0.15) is 13.8 Å². The SMILES string of the molecule is CCN(CC)c1cc(Oc2ccc(F)cc2Cl)ncn1. The smallest absolute Gasteiger partial charge is 0.224 e. The Labute approximate surface area is 122 Å². The van der Waals surface area contributed by atoms with Crippen LogP contribution in [0.25, 0.3) is 0 Å². The summed E-state index contributed by atoms with van der Waals surface area (Å²) in [5.74, 6) is 1.10.